The average Bonchev–Trinajstić information content (AvgIpc) is 1.65. The number of imidazole rings is 3. The molecule has 13 N–H and O–H groups in total. The topological polar surface area (TPSA) is 442 Å². The first-order valence-electron chi connectivity index (χ1n) is 31.4. The number of carbonyl (C=O) groups excluding carboxylic acids is 2. The van der Waals surface area contributed by atoms with E-state index >= 15 is 0 Å². The maximum atomic E-state index is 12.5. The van der Waals surface area contributed by atoms with E-state index in [4.69, 9.17) is 43.4 Å². The molecule has 0 saturated carbocycles. The van der Waals surface area contributed by atoms with E-state index in [1.165, 1.54) is 13.7 Å². The van der Waals surface area contributed by atoms with Gasteiger partial charge in [0.05, 0.1) is 73.8 Å². The van der Waals surface area contributed by atoms with Gasteiger partial charge in [-0.3, -0.25) is 37.4 Å². The summed E-state index contributed by atoms with van der Waals surface area (Å²) in [7, 11) is 3.72. The zero-order valence-electron chi connectivity index (χ0n) is 58.8. The van der Waals surface area contributed by atoms with E-state index in [9.17, 15) is 33.2 Å². The summed E-state index contributed by atoms with van der Waals surface area (Å²) in [6.07, 6.45) is 0.251. The van der Waals surface area contributed by atoms with Crippen LogP contribution in [0.3, 0.4) is 0 Å². The van der Waals surface area contributed by atoms with Crippen LogP contribution in [0.4, 0.5) is 39.7 Å². The number of nitrogen functional groups attached to an aromatic ring is 3. The molecule has 566 valence electrons. The molecule has 40 heteroatoms. The number of carbonyl (C=O) groups is 3. The normalized spacial score (nSPS) is 12.1. The van der Waals surface area contributed by atoms with Crippen molar-refractivity contribution >= 4 is 177 Å². The number of nitrogens with two attached hydrogens (primary N) is 3. The zero-order valence-corrected chi connectivity index (χ0v) is 72.9. The number of nitrogens with zero attached hydrogens (tertiary/aromatic N) is 13. The van der Waals surface area contributed by atoms with E-state index in [2.05, 4.69) is 159 Å². The molecule has 0 unspecified atom stereocenters. The van der Waals surface area contributed by atoms with E-state index in [0.29, 0.717) is 115 Å². The van der Waals surface area contributed by atoms with E-state index in [1.54, 1.807) is 67.0 Å². The molecule has 0 atom stereocenters. The third-order valence-corrected chi connectivity index (χ3v) is 263. The van der Waals surface area contributed by atoms with Gasteiger partial charge in [0, 0.05) is 52.0 Å². The van der Waals surface area contributed by atoms with Gasteiger partial charge in [0.25, 0.3) is 0 Å². The SMILES string of the molecule is CCN(C(C)C)C(C)C.CCOC(=O)Cc1cccc(Cn2c(=O)[nH]c3c(N)nc(N(C)CCO)nc32)c1.CN(CCO)c1nc(N)c2[nH]c(=O)n(Cc3cccc(CC(=O)O)c3)c2n1.CN1CCOC(=O)Cc2cccc(c2)Cn2c(=O)[nH]c3c(N)nc1nc32.I[I-]I(I)I(I)I.[2H]CF.[HH].[HH].[HH].[HH].[Li+].[OH-]. The number of hydrogen-bond acceptors (Lipinski definition) is 24. The molecule has 10 rings (SSSR count). The first-order chi connectivity index (χ1) is 48.0. The van der Waals surface area contributed by atoms with Crippen LogP contribution in [0.2, 0.25) is 0 Å². The third-order valence-electron chi connectivity index (χ3n) is 14.7. The summed E-state index contributed by atoms with van der Waals surface area (Å²) in [5.41, 5.74) is 23.9. The number of carboxylic acid groups (broad SMARTS) is 1. The molecule has 0 aliphatic carbocycles. The molecule has 3 aromatic carbocycles. The summed E-state index contributed by atoms with van der Waals surface area (Å²) >= 11 is 11.4. The van der Waals surface area contributed by atoms with Crippen molar-refractivity contribution in [2.24, 2.45) is 0 Å². The van der Waals surface area contributed by atoms with Crippen molar-refractivity contribution in [2.45, 2.75) is 92.5 Å². The molecular formula is C62H93FI7LiN19O12-. The number of alkyl halides is 1. The monoisotopic (exact) mass is 2210 g/mol. The maximum absolute atomic E-state index is 12.5. The maximum Gasteiger partial charge on any atom is 1.00 e. The van der Waals surface area contributed by atoms with E-state index in [1.807, 2.05) is 48.5 Å². The minimum absolute atomic E-state index is 0. The number of ether oxygens (including phenoxy) is 2. The second-order valence-electron chi connectivity index (χ2n) is 22.4. The van der Waals surface area contributed by atoms with Gasteiger partial charge in [0.2, 0.25) is 17.8 Å². The van der Waals surface area contributed by atoms with Gasteiger partial charge in [-0.2, -0.15) is 29.9 Å². The minimum Gasteiger partial charge on any atom is -0.870 e. The largest absolute Gasteiger partial charge is 1.00 e. The number of aromatic amines is 3. The van der Waals surface area contributed by atoms with Crippen molar-refractivity contribution in [2.75, 3.05) is 113 Å². The first kappa shape index (κ1) is 89.8. The second kappa shape index (κ2) is 45.8. The van der Waals surface area contributed by atoms with Crippen molar-refractivity contribution in [3.8, 4) is 0 Å². The van der Waals surface area contributed by atoms with Crippen molar-refractivity contribution in [1.82, 2.24) is 63.5 Å². The number of carboxylic acids is 1. The van der Waals surface area contributed by atoms with Crippen LogP contribution >= 0.6 is 90.3 Å². The molecular weight excluding hydrogens is 2120 g/mol. The number of nitrogens with one attached hydrogen (secondary N) is 3. The van der Waals surface area contributed by atoms with Crippen LogP contribution in [0.25, 0.3) is 33.5 Å². The number of aliphatic carboxylic acids is 1. The Morgan fingerprint density at radius 1 is 0.735 bits per heavy atom. The van der Waals surface area contributed by atoms with Crippen LogP contribution in [0, 0.1) is 0 Å². The number of esters is 2. The first-order valence-corrected chi connectivity index (χ1v) is 68.4. The van der Waals surface area contributed by atoms with Crippen LogP contribution in [-0.4, -0.2) is 195 Å². The Hall–Kier alpha value is -4.60. The van der Waals surface area contributed by atoms with Gasteiger partial charge in [-0.15, -0.1) is 0 Å². The molecule has 0 radical (unpaired) electrons. The fourth-order valence-corrected chi connectivity index (χ4v) is 220. The van der Waals surface area contributed by atoms with Gasteiger partial charge in [-0.25, -0.2) is 14.4 Å². The second-order valence-corrected chi connectivity index (χ2v) is 136. The number of likely N-dealkylation sites (N-methyl/N-ethyl adjacent to an activating group) is 3. The average molecular weight is 2210 g/mol. The molecule has 1 aliphatic rings. The van der Waals surface area contributed by atoms with Crippen molar-refractivity contribution in [3.05, 3.63) is 138 Å². The number of fused-ring (bicyclic) bond motifs is 5. The van der Waals surface area contributed by atoms with E-state index < -0.39 is 18.8 Å². The Kier molecular flexibility index (Phi) is 40.3. The number of anilines is 6. The number of benzene rings is 3. The Bertz CT molecular complexity index is 4400. The van der Waals surface area contributed by atoms with Gasteiger partial charge >= 0.3 is 157 Å². The molecule has 0 spiro atoms. The molecule has 9 aromatic rings. The Balaban J connectivity index is 0. The Morgan fingerprint density at radius 2 is 1.20 bits per heavy atom. The molecule has 6 aromatic heterocycles. The number of rotatable bonds is 20. The molecule has 7 heterocycles. The quantitative estimate of drug-likeness (QED) is 0.0300. The van der Waals surface area contributed by atoms with E-state index in [0.717, 1.165) is 34.4 Å². The Labute approximate surface area is 663 Å². The number of hydrogen-bond donors (Lipinski definition) is 9. The zero-order chi connectivity index (χ0) is 74.8. The van der Waals surface area contributed by atoms with Gasteiger partial charge < -0.3 is 77.1 Å². The molecule has 31 nitrogen and oxygen atoms in total. The third kappa shape index (κ3) is 27.3. The van der Waals surface area contributed by atoms with Gasteiger partial charge in [0.1, 0.15) is 23.2 Å². The summed E-state index contributed by atoms with van der Waals surface area (Å²) in [4.78, 5) is 113. The molecule has 0 fully saturated rings. The molecule has 0 amide bonds. The van der Waals surface area contributed by atoms with Crippen LogP contribution < -0.4 is 81.1 Å². The fourth-order valence-electron chi connectivity index (χ4n) is 10.1. The standard InChI is InChI=1S/C19H24N6O4.C17H20N6O4.C17H18N6O3.C8H19N.CH3F.I7.Li.H2O.4H2/c1-3-29-14(27)10-12-5-4-6-13(9-12)11-25-17-15(21-19(25)28)16(20)22-18(23-17)24(2)7-8-26;1-22(5-6-24)16-20-14(18)13-15(21-16)23(17(27)19-13)9-11-4-2-3-10(7-11)8-12(25)26;1-22-5-6-26-12(24)8-10-3-2-4-11(7-10)9-23-15-13(19-17(23)25)14(18)20-16(22)21-15;1-6-9(7(2)3)8(4)5;1-2;1-5-7(4)6(2)3;;;;;;/h4-6,9,26H,3,7-8,10-11H2,1-2H3,(H,21,28)(H2,20,22,23);2-4,7,24H,5-6,8-9H2,1H3,(H,19,27)(H,25,26)(H2,18,20,21);2-4,7H,5-6,8-9H2,1H3,(H,19,25)(H2,18,20,21);7-8H,6H2,1-5H3;1H3;;;1H2;4*1H/q;;;;;-1;+1;;;;;/p-1/i;;;;1D;;;;;;;. The van der Waals surface area contributed by atoms with E-state index in [-0.39, 0.29) is 139 Å². The van der Waals surface area contributed by atoms with Crippen LogP contribution in [0.15, 0.2) is 87.2 Å². The smallest absolute Gasteiger partial charge is 0.870 e. The summed E-state index contributed by atoms with van der Waals surface area (Å²) in [6.45, 7) is 16.3. The summed E-state index contributed by atoms with van der Waals surface area (Å²) < 4.78 is 30.2. The van der Waals surface area contributed by atoms with Gasteiger partial charge in [0.15, 0.2) is 34.4 Å². The summed E-state index contributed by atoms with van der Waals surface area (Å²) in [5.74, 6) is -0.0659. The minimum atomic E-state index is -1.00. The number of aliphatic hydroxyl groups excluding tert-OH is 2. The Morgan fingerprint density at radius 3 is 1.64 bits per heavy atom. The van der Waals surface area contributed by atoms with Crippen LogP contribution in [-0.2, 0) is 62.8 Å². The summed E-state index contributed by atoms with van der Waals surface area (Å²) in [5, 5.41) is 27.2. The molecule has 102 heavy (non-hydrogen) atoms. The number of aliphatic hydroxyl groups is 2. The number of halogens is 8. The number of cyclic esters (lactones) is 1. The van der Waals surface area contributed by atoms with Gasteiger partial charge in [-0.1, -0.05) is 79.7 Å². The van der Waals surface area contributed by atoms with Crippen molar-refractivity contribution < 1.29 is 88.2 Å². The number of H-pyrrole nitrogens is 3. The molecule has 0 saturated heterocycles. The predicted molar refractivity (Wildman–Crippen MR) is 449 cm³/mol. The van der Waals surface area contributed by atoms with Gasteiger partial charge in [-0.05, 0) is 74.5 Å². The fraction of sp³-hybridized carbons (Fsp3) is 0.419. The van der Waals surface area contributed by atoms with Crippen molar-refractivity contribution in [3.63, 3.8) is 0 Å². The molecule has 4 bridgehead atoms. The van der Waals surface area contributed by atoms with Crippen LogP contribution in [0.1, 0.15) is 82.0 Å². The van der Waals surface area contributed by atoms with Crippen molar-refractivity contribution in [1.29, 1.82) is 0 Å². The molecule has 1 aliphatic heterocycles. The number of aromatic nitrogens is 12. The van der Waals surface area contributed by atoms with Crippen LogP contribution in [0.5, 0.6) is 0 Å². The predicted octanol–water partition coefficient (Wildman–Crippen LogP) is 3.22. The summed E-state index contributed by atoms with van der Waals surface area (Å²) in [6, 6.07) is 23.3.